The monoisotopic (exact) mass is 346 g/mol. The van der Waals surface area contributed by atoms with Crippen LogP contribution in [0.5, 0.6) is 5.88 Å². The summed E-state index contributed by atoms with van der Waals surface area (Å²) in [5, 5.41) is 0. The van der Waals surface area contributed by atoms with Gasteiger partial charge in [0.15, 0.2) is 4.80 Å². The van der Waals surface area contributed by atoms with Crippen molar-refractivity contribution in [1.82, 2.24) is 4.57 Å². The number of aromatic nitrogens is 1. The second-order valence-electron chi connectivity index (χ2n) is 5.32. The summed E-state index contributed by atoms with van der Waals surface area (Å²) in [5.41, 5.74) is 1.90. The molecule has 1 aromatic carbocycles. The van der Waals surface area contributed by atoms with Crippen molar-refractivity contribution in [3.63, 3.8) is 0 Å². The third-order valence-electron chi connectivity index (χ3n) is 3.48. The average Bonchev–Trinajstić information content (AvgIpc) is 2.93. The Labute approximate surface area is 145 Å². The summed E-state index contributed by atoms with van der Waals surface area (Å²) in [4.78, 5) is 30.1. The number of hydrogen-bond donors (Lipinski definition) is 0. The zero-order valence-electron chi connectivity index (χ0n) is 14.5. The molecule has 0 bridgehead atoms. The molecule has 1 aromatic heterocycles. The van der Waals surface area contributed by atoms with Crippen LogP contribution in [0.1, 0.15) is 48.8 Å². The van der Waals surface area contributed by atoms with E-state index in [4.69, 9.17) is 4.74 Å². The van der Waals surface area contributed by atoms with Crippen molar-refractivity contribution >= 4 is 28.9 Å². The number of nitrogens with zero attached hydrogens (tertiary/aromatic N) is 2. The Morgan fingerprint density at radius 1 is 1.12 bits per heavy atom. The summed E-state index contributed by atoms with van der Waals surface area (Å²) in [6.45, 7) is 7.47. The van der Waals surface area contributed by atoms with E-state index in [0.29, 0.717) is 23.5 Å². The Bertz CT molecular complexity index is 801. The fourth-order valence-corrected chi connectivity index (χ4v) is 3.11. The molecule has 0 N–H and O–H groups in total. The molecule has 2 aromatic rings. The lowest BCUT2D eigenvalue weighted by molar-refractivity contribution is -0.134. The van der Waals surface area contributed by atoms with Gasteiger partial charge in [-0.15, -0.1) is 0 Å². The Morgan fingerprint density at radius 3 is 2.33 bits per heavy atom. The highest BCUT2D eigenvalue weighted by Gasteiger charge is 2.20. The van der Waals surface area contributed by atoms with Gasteiger partial charge in [0, 0.05) is 12.8 Å². The van der Waals surface area contributed by atoms with E-state index in [-0.39, 0.29) is 18.3 Å². The predicted molar refractivity (Wildman–Crippen MR) is 94.9 cm³/mol. The summed E-state index contributed by atoms with van der Waals surface area (Å²) in [7, 11) is 0. The Balaban J connectivity index is 2.64. The molecule has 0 saturated heterocycles. The molecule has 0 radical (unpaired) electrons. The largest absolute Gasteiger partial charge is 0.408 e. The van der Waals surface area contributed by atoms with E-state index in [1.807, 2.05) is 38.1 Å². The first-order valence-corrected chi connectivity index (χ1v) is 8.91. The Kier molecular flexibility index (Phi) is 6.09. The maximum Gasteiger partial charge on any atom is 0.312 e. The molecule has 6 heteroatoms. The number of aryl methyl sites for hydroxylation is 2. The first-order chi connectivity index (χ1) is 11.5. The van der Waals surface area contributed by atoms with Crippen LogP contribution in [0.4, 0.5) is 5.69 Å². The molecule has 0 amide bonds. The van der Waals surface area contributed by atoms with E-state index >= 15 is 0 Å². The van der Waals surface area contributed by atoms with Crippen LogP contribution in [0, 0.1) is 6.92 Å². The van der Waals surface area contributed by atoms with Gasteiger partial charge in [0.1, 0.15) is 0 Å². The van der Waals surface area contributed by atoms with E-state index in [2.05, 4.69) is 4.99 Å². The fraction of sp³-hybridized carbons (Fsp3) is 0.389. The number of carbonyl (C=O) groups excluding carboxylic acids is 2. The summed E-state index contributed by atoms with van der Waals surface area (Å²) in [6, 6.07) is 7.74. The highest BCUT2D eigenvalue weighted by molar-refractivity contribution is 7.09. The molecule has 0 aliphatic heterocycles. The van der Waals surface area contributed by atoms with Crippen LogP contribution in [0.3, 0.4) is 0 Å². The maximum absolute atomic E-state index is 12.4. The number of ether oxygens (including phenoxy) is 1. The highest BCUT2D eigenvalue weighted by atomic mass is 32.1. The van der Waals surface area contributed by atoms with Crippen LogP contribution in [-0.2, 0) is 11.2 Å². The number of thiazole rings is 1. The zero-order chi connectivity index (χ0) is 17.7. The second-order valence-corrected chi connectivity index (χ2v) is 6.39. The van der Waals surface area contributed by atoms with Crippen molar-refractivity contribution < 1.29 is 14.3 Å². The van der Waals surface area contributed by atoms with E-state index in [1.54, 1.807) is 13.8 Å². The molecular formula is C18H22N2O3S. The van der Waals surface area contributed by atoms with E-state index in [1.165, 1.54) is 15.9 Å². The van der Waals surface area contributed by atoms with E-state index in [0.717, 1.165) is 16.1 Å². The van der Waals surface area contributed by atoms with Crippen LogP contribution in [0.25, 0.3) is 0 Å². The van der Waals surface area contributed by atoms with Gasteiger partial charge in [-0.2, -0.15) is 0 Å². The minimum Gasteiger partial charge on any atom is -0.408 e. The lowest BCUT2D eigenvalue weighted by Crippen LogP contribution is -2.24. The molecule has 0 unspecified atom stereocenters. The number of benzene rings is 1. The number of esters is 1. The molecule has 0 saturated carbocycles. The molecule has 24 heavy (non-hydrogen) atoms. The molecular weight excluding hydrogens is 324 g/mol. The van der Waals surface area contributed by atoms with Crippen molar-refractivity contribution in [3.05, 3.63) is 39.5 Å². The van der Waals surface area contributed by atoms with Gasteiger partial charge in [-0.05, 0) is 25.5 Å². The maximum atomic E-state index is 12.4. The van der Waals surface area contributed by atoms with Crippen molar-refractivity contribution in [3.8, 4) is 5.88 Å². The molecule has 0 aliphatic carbocycles. The van der Waals surface area contributed by atoms with E-state index < -0.39 is 0 Å². The minimum atomic E-state index is -0.359. The van der Waals surface area contributed by atoms with Gasteiger partial charge in [0.05, 0.1) is 10.6 Å². The van der Waals surface area contributed by atoms with Crippen molar-refractivity contribution in [2.24, 2.45) is 4.99 Å². The van der Waals surface area contributed by atoms with E-state index in [9.17, 15) is 9.59 Å². The lowest BCUT2D eigenvalue weighted by atomic mass is 10.2. The van der Waals surface area contributed by atoms with Crippen LogP contribution >= 0.6 is 11.3 Å². The number of rotatable bonds is 5. The zero-order valence-corrected chi connectivity index (χ0v) is 15.3. The molecule has 0 aliphatic rings. The van der Waals surface area contributed by atoms with Gasteiger partial charge >= 0.3 is 5.97 Å². The molecule has 1 heterocycles. The van der Waals surface area contributed by atoms with Crippen LogP contribution < -0.4 is 9.54 Å². The fourth-order valence-electron chi connectivity index (χ4n) is 2.10. The summed E-state index contributed by atoms with van der Waals surface area (Å²) in [6.07, 6.45) is 1.22. The van der Waals surface area contributed by atoms with Gasteiger partial charge < -0.3 is 4.74 Å². The highest BCUT2D eigenvalue weighted by Crippen LogP contribution is 2.24. The summed E-state index contributed by atoms with van der Waals surface area (Å²) < 4.78 is 6.86. The Hall–Kier alpha value is -2.21. The SMILES string of the molecule is CCC(=O)Oc1c(CC)sc(=Nc2ccc(C)cc2)n1C(=O)CC. The molecule has 0 atom stereocenters. The van der Waals surface area contributed by atoms with Crippen molar-refractivity contribution in [1.29, 1.82) is 0 Å². The lowest BCUT2D eigenvalue weighted by Gasteiger charge is -2.08. The third-order valence-corrected chi connectivity index (χ3v) is 4.64. The first-order valence-electron chi connectivity index (χ1n) is 8.10. The van der Waals surface area contributed by atoms with Gasteiger partial charge in [-0.25, -0.2) is 9.56 Å². The van der Waals surface area contributed by atoms with Gasteiger partial charge in [-0.1, -0.05) is 49.8 Å². The Morgan fingerprint density at radius 2 is 1.79 bits per heavy atom. The number of hydrogen-bond acceptors (Lipinski definition) is 5. The molecule has 5 nitrogen and oxygen atoms in total. The minimum absolute atomic E-state index is 0.143. The van der Waals surface area contributed by atoms with Crippen LogP contribution in [-0.4, -0.2) is 16.4 Å². The molecule has 2 rings (SSSR count). The topological polar surface area (TPSA) is 60.7 Å². The molecule has 0 fully saturated rings. The summed E-state index contributed by atoms with van der Waals surface area (Å²) >= 11 is 1.38. The third kappa shape index (κ3) is 4.00. The standard InChI is InChI=1S/C18H22N2O3S/c1-5-14-17(23-16(22)7-3)20(15(21)6-2)18(24-14)19-13-10-8-12(4)9-11-13/h8-11H,5-7H2,1-4H3. The average molecular weight is 346 g/mol. The smallest absolute Gasteiger partial charge is 0.312 e. The van der Waals surface area contributed by atoms with Crippen molar-refractivity contribution in [2.75, 3.05) is 0 Å². The van der Waals surface area contributed by atoms with Crippen molar-refractivity contribution in [2.45, 2.75) is 47.0 Å². The molecule has 128 valence electrons. The predicted octanol–water partition coefficient (Wildman–Crippen LogP) is 4.02. The second kappa shape index (κ2) is 8.06. The van der Waals surface area contributed by atoms with Crippen LogP contribution in [0.15, 0.2) is 29.3 Å². The quantitative estimate of drug-likeness (QED) is 0.768. The first kappa shape index (κ1) is 18.1. The summed E-state index contributed by atoms with van der Waals surface area (Å²) in [5.74, 6) is -0.190. The van der Waals surface area contributed by atoms with Gasteiger partial charge in [-0.3, -0.25) is 9.59 Å². The van der Waals surface area contributed by atoms with Gasteiger partial charge in [0.25, 0.3) is 0 Å². The van der Waals surface area contributed by atoms with Crippen LogP contribution in [0.2, 0.25) is 0 Å². The molecule has 0 spiro atoms. The number of carbonyl (C=O) groups is 2. The van der Waals surface area contributed by atoms with Gasteiger partial charge in [0.2, 0.25) is 11.8 Å². The normalized spacial score (nSPS) is 11.6.